The molecule has 0 spiro atoms. The molecule has 0 atom stereocenters. The number of nitrogens with one attached hydrogen (secondary N) is 1. The van der Waals surface area contributed by atoms with Crippen molar-refractivity contribution < 1.29 is 13.5 Å². The second-order valence-electron chi connectivity index (χ2n) is 6.18. The summed E-state index contributed by atoms with van der Waals surface area (Å²) in [5, 5.41) is 10.1. The molecule has 106 valence electrons. The second-order valence-corrected chi connectivity index (χ2v) is 8.22. The average Bonchev–Trinajstić information content (AvgIpc) is 2.86. The number of rotatable bonds is 4. The van der Waals surface area contributed by atoms with Gasteiger partial charge in [0.1, 0.15) is 0 Å². The molecule has 0 amide bonds. The number of sulfonamides is 1. The van der Waals surface area contributed by atoms with Gasteiger partial charge in [-0.3, -0.25) is 0 Å². The topological polar surface area (TPSA) is 66.4 Å². The zero-order valence-electron chi connectivity index (χ0n) is 11.2. The standard InChI is InChI=1S/C13H25NO3S/c1-11-6-8-13(15,9-7-11)10-14-18(16,17)12-4-2-3-5-12/h11-12,14-15H,2-10H2,1H3. The van der Waals surface area contributed by atoms with E-state index < -0.39 is 15.6 Å². The molecule has 0 aliphatic heterocycles. The lowest BCUT2D eigenvalue weighted by Crippen LogP contribution is -2.47. The minimum Gasteiger partial charge on any atom is -0.389 e. The normalized spacial score (nSPS) is 34.9. The summed E-state index contributed by atoms with van der Waals surface area (Å²) in [6, 6.07) is 0. The Bertz CT molecular complexity index is 366. The first-order valence-electron chi connectivity index (χ1n) is 7.12. The van der Waals surface area contributed by atoms with Gasteiger partial charge >= 0.3 is 0 Å². The van der Waals surface area contributed by atoms with Crippen LogP contribution >= 0.6 is 0 Å². The maximum atomic E-state index is 12.1. The molecule has 0 aromatic heterocycles. The Hall–Kier alpha value is -0.130. The minimum atomic E-state index is -3.22. The fourth-order valence-electron chi connectivity index (χ4n) is 3.03. The molecule has 2 fully saturated rings. The van der Waals surface area contributed by atoms with Gasteiger partial charge in [-0.05, 0) is 44.4 Å². The highest BCUT2D eigenvalue weighted by Crippen LogP contribution is 2.32. The molecular weight excluding hydrogens is 250 g/mol. The molecule has 18 heavy (non-hydrogen) atoms. The summed E-state index contributed by atoms with van der Waals surface area (Å²) in [4.78, 5) is 0. The van der Waals surface area contributed by atoms with Crippen LogP contribution in [-0.2, 0) is 10.0 Å². The van der Waals surface area contributed by atoms with Gasteiger partial charge in [0.05, 0.1) is 10.9 Å². The van der Waals surface area contributed by atoms with Crippen molar-refractivity contribution in [1.29, 1.82) is 0 Å². The molecule has 0 heterocycles. The molecule has 5 heteroatoms. The van der Waals surface area contributed by atoms with Crippen molar-refractivity contribution in [2.45, 2.75) is 69.1 Å². The molecule has 2 saturated carbocycles. The Labute approximate surface area is 110 Å². The van der Waals surface area contributed by atoms with Crippen molar-refractivity contribution in [3.05, 3.63) is 0 Å². The fraction of sp³-hybridized carbons (Fsp3) is 1.00. The molecule has 2 N–H and O–H groups in total. The summed E-state index contributed by atoms with van der Waals surface area (Å²) in [7, 11) is -3.22. The zero-order chi connectivity index (χ0) is 13.2. The van der Waals surface area contributed by atoms with E-state index in [9.17, 15) is 13.5 Å². The molecular formula is C13H25NO3S. The monoisotopic (exact) mass is 275 g/mol. The van der Waals surface area contributed by atoms with Crippen LogP contribution in [0.5, 0.6) is 0 Å². The van der Waals surface area contributed by atoms with Crippen LogP contribution in [0.4, 0.5) is 0 Å². The lowest BCUT2D eigenvalue weighted by molar-refractivity contribution is -0.00187. The van der Waals surface area contributed by atoms with Gasteiger partial charge in [0.2, 0.25) is 10.0 Å². The first-order valence-corrected chi connectivity index (χ1v) is 8.67. The first kappa shape index (κ1) is 14.3. The highest BCUT2D eigenvalue weighted by atomic mass is 32.2. The van der Waals surface area contributed by atoms with Gasteiger partial charge in [0, 0.05) is 6.54 Å². The Morgan fingerprint density at radius 1 is 1.17 bits per heavy atom. The molecule has 0 bridgehead atoms. The van der Waals surface area contributed by atoms with Gasteiger partial charge in [0.25, 0.3) is 0 Å². The summed E-state index contributed by atoms with van der Waals surface area (Å²) in [6.45, 7) is 2.38. The number of hydrogen-bond acceptors (Lipinski definition) is 3. The predicted octanol–water partition coefficient (Wildman–Crippen LogP) is 1.79. The molecule has 2 rings (SSSR count). The first-order chi connectivity index (χ1) is 8.41. The van der Waals surface area contributed by atoms with E-state index in [2.05, 4.69) is 11.6 Å². The quantitative estimate of drug-likeness (QED) is 0.822. The van der Waals surface area contributed by atoms with Crippen molar-refractivity contribution in [1.82, 2.24) is 4.72 Å². The third kappa shape index (κ3) is 3.45. The molecule has 4 nitrogen and oxygen atoms in total. The maximum absolute atomic E-state index is 12.1. The largest absolute Gasteiger partial charge is 0.389 e. The Morgan fingerprint density at radius 3 is 2.28 bits per heavy atom. The van der Waals surface area contributed by atoms with E-state index in [1.54, 1.807) is 0 Å². The third-order valence-electron chi connectivity index (χ3n) is 4.55. The molecule has 2 aliphatic carbocycles. The predicted molar refractivity (Wildman–Crippen MR) is 71.8 cm³/mol. The van der Waals surface area contributed by atoms with Crippen LogP contribution in [-0.4, -0.2) is 30.9 Å². The van der Waals surface area contributed by atoms with Crippen molar-refractivity contribution in [3.8, 4) is 0 Å². The van der Waals surface area contributed by atoms with Gasteiger partial charge in [0.15, 0.2) is 0 Å². The van der Waals surface area contributed by atoms with Crippen molar-refractivity contribution >= 4 is 10.0 Å². The summed E-state index contributed by atoms with van der Waals surface area (Å²) in [5.74, 6) is 0.650. The fourth-order valence-corrected chi connectivity index (χ4v) is 4.69. The van der Waals surface area contributed by atoms with Crippen LogP contribution in [0.25, 0.3) is 0 Å². The molecule has 0 aromatic carbocycles. The Balaban J connectivity index is 1.86. The lowest BCUT2D eigenvalue weighted by Gasteiger charge is -2.35. The highest BCUT2D eigenvalue weighted by molar-refractivity contribution is 7.90. The zero-order valence-corrected chi connectivity index (χ0v) is 12.0. The van der Waals surface area contributed by atoms with Crippen molar-refractivity contribution in [3.63, 3.8) is 0 Å². The number of aliphatic hydroxyl groups is 1. The van der Waals surface area contributed by atoms with E-state index in [1.165, 1.54) is 0 Å². The molecule has 0 radical (unpaired) electrons. The molecule has 0 unspecified atom stereocenters. The van der Waals surface area contributed by atoms with E-state index >= 15 is 0 Å². The summed E-state index contributed by atoms with van der Waals surface area (Å²) >= 11 is 0. The molecule has 0 aromatic rings. The van der Waals surface area contributed by atoms with Crippen LogP contribution in [0, 0.1) is 5.92 Å². The van der Waals surface area contributed by atoms with Crippen LogP contribution in [0.15, 0.2) is 0 Å². The second kappa shape index (κ2) is 5.47. The highest BCUT2D eigenvalue weighted by Gasteiger charge is 2.35. The smallest absolute Gasteiger partial charge is 0.214 e. The van der Waals surface area contributed by atoms with E-state index in [4.69, 9.17) is 0 Å². The minimum absolute atomic E-state index is 0.193. The average molecular weight is 275 g/mol. The van der Waals surface area contributed by atoms with Gasteiger partial charge < -0.3 is 5.11 Å². The van der Waals surface area contributed by atoms with Gasteiger partial charge in [-0.2, -0.15) is 0 Å². The van der Waals surface area contributed by atoms with Gasteiger partial charge in [-0.1, -0.05) is 19.8 Å². The van der Waals surface area contributed by atoms with Crippen LogP contribution in [0.3, 0.4) is 0 Å². The summed E-state index contributed by atoms with van der Waals surface area (Å²) < 4.78 is 26.8. The van der Waals surface area contributed by atoms with Crippen LogP contribution < -0.4 is 4.72 Å². The summed E-state index contributed by atoms with van der Waals surface area (Å²) in [6.07, 6.45) is 6.95. The maximum Gasteiger partial charge on any atom is 0.214 e. The van der Waals surface area contributed by atoms with Gasteiger partial charge in [-0.25, -0.2) is 13.1 Å². The molecule has 2 aliphatic rings. The summed E-state index contributed by atoms with van der Waals surface area (Å²) in [5.41, 5.74) is -0.821. The van der Waals surface area contributed by atoms with Crippen LogP contribution in [0.2, 0.25) is 0 Å². The van der Waals surface area contributed by atoms with E-state index in [-0.39, 0.29) is 11.8 Å². The van der Waals surface area contributed by atoms with Crippen molar-refractivity contribution in [2.24, 2.45) is 5.92 Å². The van der Waals surface area contributed by atoms with E-state index in [0.717, 1.165) is 38.5 Å². The van der Waals surface area contributed by atoms with Gasteiger partial charge in [-0.15, -0.1) is 0 Å². The van der Waals surface area contributed by atoms with E-state index in [1.807, 2.05) is 0 Å². The number of hydrogen-bond donors (Lipinski definition) is 2. The molecule has 0 saturated heterocycles. The van der Waals surface area contributed by atoms with Crippen molar-refractivity contribution in [2.75, 3.05) is 6.54 Å². The van der Waals surface area contributed by atoms with Crippen LogP contribution in [0.1, 0.15) is 58.3 Å². The SMILES string of the molecule is CC1CCC(O)(CNS(=O)(=O)C2CCCC2)CC1. The lowest BCUT2D eigenvalue weighted by atomic mass is 9.80. The van der Waals surface area contributed by atoms with E-state index in [0.29, 0.717) is 18.8 Å². The Morgan fingerprint density at radius 2 is 1.72 bits per heavy atom. The Kier molecular flexibility index (Phi) is 4.34. The third-order valence-corrected chi connectivity index (χ3v) is 6.44.